The normalized spacial score (nSPS) is 14.1. The topological polar surface area (TPSA) is 71.8 Å². The van der Waals surface area contributed by atoms with Crippen LogP contribution in [0.4, 0.5) is 11.4 Å². The molecule has 3 heterocycles. The predicted octanol–water partition coefficient (Wildman–Crippen LogP) is 4.03. The first-order valence-electron chi connectivity index (χ1n) is 10.0. The van der Waals surface area contributed by atoms with Gasteiger partial charge in [-0.3, -0.25) is 9.20 Å². The molecule has 158 valence electrons. The van der Waals surface area contributed by atoms with Crippen LogP contribution < -0.4 is 10.2 Å². The van der Waals surface area contributed by atoms with Crippen LogP contribution in [0.2, 0.25) is 0 Å². The summed E-state index contributed by atoms with van der Waals surface area (Å²) in [5, 5.41) is 14.4. The van der Waals surface area contributed by atoms with Gasteiger partial charge in [0.15, 0.2) is 5.16 Å². The van der Waals surface area contributed by atoms with Gasteiger partial charge in [0.2, 0.25) is 10.9 Å². The molecular weight excluding hydrogens is 430 g/mol. The minimum Gasteiger partial charge on any atom is -0.378 e. The van der Waals surface area contributed by atoms with Gasteiger partial charge < -0.3 is 15.0 Å². The number of morpholine rings is 1. The summed E-state index contributed by atoms with van der Waals surface area (Å²) in [5.41, 5.74) is 3.98. The quantitative estimate of drug-likeness (QED) is 0.447. The lowest BCUT2D eigenvalue weighted by atomic mass is 10.2. The zero-order chi connectivity index (χ0) is 21.0. The standard InChI is InChI=1S/C22H21N5O2S2/c28-20(23-17-8-4-5-9-18(17)26-10-12-29-13-11-26)15-31-22-25-24-21-27(22)19(14-30-21)16-6-2-1-3-7-16/h1-9,14H,10-13,15H2,(H,23,28). The zero-order valence-corrected chi connectivity index (χ0v) is 18.4. The molecule has 0 aliphatic carbocycles. The van der Waals surface area contributed by atoms with Gasteiger partial charge in [-0.2, -0.15) is 0 Å². The highest BCUT2D eigenvalue weighted by molar-refractivity contribution is 7.99. The molecule has 9 heteroatoms. The number of ether oxygens (including phenoxy) is 1. The molecule has 5 rings (SSSR count). The number of rotatable bonds is 6. The van der Waals surface area contributed by atoms with Crippen molar-refractivity contribution in [2.75, 3.05) is 42.3 Å². The molecule has 0 saturated carbocycles. The number of para-hydroxylation sites is 2. The van der Waals surface area contributed by atoms with Crippen molar-refractivity contribution in [3.05, 3.63) is 60.0 Å². The summed E-state index contributed by atoms with van der Waals surface area (Å²) in [6, 6.07) is 18.0. The van der Waals surface area contributed by atoms with E-state index >= 15 is 0 Å². The molecule has 1 N–H and O–H groups in total. The number of benzene rings is 2. The lowest BCUT2D eigenvalue weighted by molar-refractivity contribution is -0.113. The summed E-state index contributed by atoms with van der Waals surface area (Å²) in [5.74, 6) is 0.182. The van der Waals surface area contributed by atoms with Gasteiger partial charge >= 0.3 is 0 Å². The van der Waals surface area contributed by atoms with E-state index in [9.17, 15) is 4.79 Å². The van der Waals surface area contributed by atoms with E-state index in [4.69, 9.17) is 4.74 Å². The van der Waals surface area contributed by atoms with E-state index in [2.05, 4.69) is 37.9 Å². The van der Waals surface area contributed by atoms with Crippen LogP contribution in [0.3, 0.4) is 0 Å². The number of hydrogen-bond acceptors (Lipinski definition) is 7. The lowest BCUT2D eigenvalue weighted by Crippen LogP contribution is -2.36. The summed E-state index contributed by atoms with van der Waals surface area (Å²) in [4.78, 5) is 15.8. The SMILES string of the molecule is O=C(CSc1nnc2scc(-c3ccccc3)n12)Nc1ccccc1N1CCOCC1. The predicted molar refractivity (Wildman–Crippen MR) is 125 cm³/mol. The van der Waals surface area contributed by atoms with Crippen molar-refractivity contribution >= 4 is 45.3 Å². The Morgan fingerprint density at radius 1 is 1.06 bits per heavy atom. The van der Waals surface area contributed by atoms with E-state index in [-0.39, 0.29) is 11.7 Å². The van der Waals surface area contributed by atoms with Crippen LogP contribution in [0.15, 0.2) is 65.1 Å². The summed E-state index contributed by atoms with van der Waals surface area (Å²) >= 11 is 2.93. The first kappa shape index (κ1) is 20.0. The largest absolute Gasteiger partial charge is 0.378 e. The number of aromatic nitrogens is 3. The van der Waals surface area contributed by atoms with E-state index < -0.39 is 0 Å². The molecule has 1 fully saturated rings. The van der Waals surface area contributed by atoms with E-state index in [1.54, 1.807) is 11.3 Å². The van der Waals surface area contributed by atoms with Gasteiger partial charge in [0.1, 0.15) is 0 Å². The van der Waals surface area contributed by atoms with Crippen LogP contribution in [0.1, 0.15) is 0 Å². The molecule has 2 aromatic heterocycles. The molecule has 0 unspecified atom stereocenters. The number of thiazole rings is 1. The van der Waals surface area contributed by atoms with Gasteiger partial charge in [-0.15, -0.1) is 21.5 Å². The first-order valence-corrected chi connectivity index (χ1v) is 11.9. The van der Waals surface area contributed by atoms with Gasteiger partial charge in [0.25, 0.3) is 0 Å². The van der Waals surface area contributed by atoms with Crippen molar-refractivity contribution in [2.24, 2.45) is 0 Å². The molecule has 1 aliphatic heterocycles. The summed E-state index contributed by atoms with van der Waals surface area (Å²) in [6.07, 6.45) is 0. The molecule has 1 aliphatic rings. The highest BCUT2D eigenvalue weighted by atomic mass is 32.2. The average Bonchev–Trinajstić information content (AvgIpc) is 3.42. The van der Waals surface area contributed by atoms with Gasteiger partial charge in [0.05, 0.1) is 36.0 Å². The molecule has 4 aromatic rings. The zero-order valence-electron chi connectivity index (χ0n) is 16.7. The van der Waals surface area contributed by atoms with Crippen LogP contribution in [0.5, 0.6) is 0 Å². The third-order valence-electron chi connectivity index (χ3n) is 5.05. The fourth-order valence-electron chi connectivity index (χ4n) is 3.58. The third kappa shape index (κ3) is 4.30. The number of hydrogen-bond donors (Lipinski definition) is 1. The van der Waals surface area contributed by atoms with Crippen molar-refractivity contribution < 1.29 is 9.53 Å². The van der Waals surface area contributed by atoms with E-state index in [0.717, 1.165) is 40.7 Å². The Labute approximate surface area is 188 Å². The number of nitrogens with one attached hydrogen (secondary N) is 1. The number of nitrogens with zero attached hydrogens (tertiary/aromatic N) is 4. The van der Waals surface area contributed by atoms with Gasteiger partial charge in [-0.05, 0) is 17.7 Å². The van der Waals surface area contributed by atoms with Crippen molar-refractivity contribution in [1.29, 1.82) is 0 Å². The second kappa shape index (κ2) is 9.09. The maximum absolute atomic E-state index is 12.7. The van der Waals surface area contributed by atoms with Crippen LogP contribution in [0.25, 0.3) is 16.2 Å². The Balaban J connectivity index is 1.30. The first-order chi connectivity index (χ1) is 15.3. The van der Waals surface area contributed by atoms with Crippen molar-refractivity contribution in [1.82, 2.24) is 14.6 Å². The molecule has 31 heavy (non-hydrogen) atoms. The molecule has 2 aromatic carbocycles. The van der Waals surface area contributed by atoms with Crippen LogP contribution in [-0.4, -0.2) is 52.6 Å². The van der Waals surface area contributed by atoms with E-state index in [0.29, 0.717) is 18.4 Å². The van der Waals surface area contributed by atoms with Crippen molar-refractivity contribution in [3.8, 4) is 11.3 Å². The number of amides is 1. The van der Waals surface area contributed by atoms with E-state index in [1.807, 2.05) is 46.9 Å². The summed E-state index contributed by atoms with van der Waals surface area (Å²) in [7, 11) is 0. The maximum atomic E-state index is 12.7. The number of anilines is 2. The Bertz CT molecular complexity index is 1190. The molecule has 7 nitrogen and oxygen atoms in total. The van der Waals surface area contributed by atoms with Crippen LogP contribution in [-0.2, 0) is 9.53 Å². The fourth-order valence-corrected chi connectivity index (χ4v) is 5.21. The Kier molecular flexibility index (Phi) is 5.88. The third-order valence-corrected chi connectivity index (χ3v) is 6.80. The smallest absolute Gasteiger partial charge is 0.234 e. The minimum absolute atomic E-state index is 0.0704. The summed E-state index contributed by atoms with van der Waals surface area (Å²) < 4.78 is 7.46. The highest BCUT2D eigenvalue weighted by Crippen LogP contribution is 2.30. The molecule has 1 saturated heterocycles. The number of carbonyl (C=O) groups is 1. The number of fused-ring (bicyclic) bond motifs is 1. The lowest BCUT2D eigenvalue weighted by Gasteiger charge is -2.30. The average molecular weight is 452 g/mol. The Hall–Kier alpha value is -2.88. The van der Waals surface area contributed by atoms with Gasteiger partial charge in [-0.25, -0.2) is 0 Å². The molecule has 1 amide bonds. The minimum atomic E-state index is -0.0704. The van der Waals surface area contributed by atoms with Crippen LogP contribution >= 0.6 is 23.1 Å². The van der Waals surface area contributed by atoms with Crippen molar-refractivity contribution in [2.45, 2.75) is 5.16 Å². The maximum Gasteiger partial charge on any atom is 0.234 e. The second-order valence-corrected chi connectivity index (χ2v) is 8.82. The molecule has 0 bridgehead atoms. The molecular formula is C22H21N5O2S2. The molecule has 0 radical (unpaired) electrons. The number of carbonyl (C=O) groups excluding carboxylic acids is 1. The highest BCUT2D eigenvalue weighted by Gasteiger charge is 2.18. The second-order valence-electron chi connectivity index (χ2n) is 7.04. The van der Waals surface area contributed by atoms with Crippen molar-refractivity contribution in [3.63, 3.8) is 0 Å². The summed E-state index contributed by atoms with van der Waals surface area (Å²) in [6.45, 7) is 3.04. The van der Waals surface area contributed by atoms with Gasteiger partial charge in [-0.1, -0.05) is 54.2 Å². The monoisotopic (exact) mass is 451 g/mol. The molecule has 0 spiro atoms. The van der Waals surface area contributed by atoms with E-state index in [1.165, 1.54) is 11.8 Å². The van der Waals surface area contributed by atoms with Gasteiger partial charge in [0, 0.05) is 18.5 Å². The Morgan fingerprint density at radius 2 is 1.84 bits per heavy atom. The Morgan fingerprint density at radius 3 is 2.68 bits per heavy atom. The van der Waals surface area contributed by atoms with Crippen LogP contribution in [0, 0.1) is 0 Å². The number of thioether (sulfide) groups is 1. The fraction of sp³-hybridized carbons (Fsp3) is 0.227. The molecule has 0 atom stereocenters.